The van der Waals surface area contributed by atoms with Crippen LogP contribution in [0.25, 0.3) is 0 Å². The fourth-order valence-electron chi connectivity index (χ4n) is 1.67. The van der Waals surface area contributed by atoms with Gasteiger partial charge in [0.1, 0.15) is 5.03 Å². The van der Waals surface area contributed by atoms with Crippen molar-refractivity contribution in [3.8, 4) is 0 Å². The number of nitrogens with two attached hydrogens (primary N) is 1. The van der Waals surface area contributed by atoms with Crippen molar-refractivity contribution >= 4 is 11.8 Å². The molecule has 0 aliphatic rings. The zero-order valence-corrected chi connectivity index (χ0v) is 12.0. The molecular weight excluding hydrogens is 278 g/mol. The van der Waals surface area contributed by atoms with Gasteiger partial charge in [-0.15, -0.1) is 0 Å². The molecule has 0 saturated carbocycles. The lowest BCUT2D eigenvalue weighted by atomic mass is 10.2. The fraction of sp³-hybridized carbons (Fsp3) is 0.333. The van der Waals surface area contributed by atoms with E-state index in [4.69, 9.17) is 5.73 Å². The van der Waals surface area contributed by atoms with Gasteiger partial charge in [0.15, 0.2) is 5.16 Å². The van der Waals surface area contributed by atoms with E-state index in [1.54, 1.807) is 13.2 Å². The van der Waals surface area contributed by atoms with E-state index in [2.05, 4.69) is 15.1 Å². The molecule has 0 atom stereocenters. The van der Waals surface area contributed by atoms with Crippen molar-refractivity contribution in [2.24, 2.45) is 12.8 Å². The van der Waals surface area contributed by atoms with E-state index in [0.29, 0.717) is 11.7 Å². The van der Waals surface area contributed by atoms with Gasteiger partial charge in [-0.3, -0.25) is 19.4 Å². The maximum atomic E-state index is 11.3. The number of hydrogen-bond donors (Lipinski definition) is 2. The minimum absolute atomic E-state index is 0.386. The molecule has 0 aliphatic carbocycles. The highest BCUT2D eigenvalue weighted by molar-refractivity contribution is 7.99. The summed E-state index contributed by atoms with van der Waals surface area (Å²) in [5, 5.41) is 3.52. The van der Waals surface area contributed by atoms with E-state index < -0.39 is 11.1 Å². The van der Waals surface area contributed by atoms with Crippen LogP contribution in [0.4, 0.5) is 0 Å². The van der Waals surface area contributed by atoms with Crippen LogP contribution < -0.4 is 16.9 Å². The summed E-state index contributed by atoms with van der Waals surface area (Å²) in [7, 11) is 1.62. The van der Waals surface area contributed by atoms with E-state index in [1.165, 1.54) is 16.4 Å². The predicted molar refractivity (Wildman–Crippen MR) is 76.0 cm³/mol. The molecule has 0 spiro atoms. The van der Waals surface area contributed by atoms with Gasteiger partial charge < -0.3 is 5.73 Å². The molecule has 0 amide bonds. The lowest BCUT2D eigenvalue weighted by Crippen LogP contribution is -2.33. The predicted octanol–water partition coefficient (Wildman–Crippen LogP) is -0.176. The second-order valence-electron chi connectivity index (χ2n) is 4.31. The SMILES string of the molecule is Cc1cc(CCN)cnc1Sc1nc(=O)c(=O)[nH]n1C. The maximum absolute atomic E-state index is 11.3. The second-order valence-corrected chi connectivity index (χ2v) is 5.26. The Labute approximate surface area is 119 Å². The molecule has 2 rings (SSSR count). The van der Waals surface area contributed by atoms with Gasteiger partial charge in [-0.25, -0.2) is 4.98 Å². The molecule has 3 N–H and O–H groups in total. The van der Waals surface area contributed by atoms with E-state index >= 15 is 0 Å². The number of hydrogen-bond acceptors (Lipinski definition) is 6. The van der Waals surface area contributed by atoms with Crippen molar-refractivity contribution in [1.82, 2.24) is 19.7 Å². The van der Waals surface area contributed by atoms with Crippen LogP contribution in [0, 0.1) is 6.92 Å². The highest BCUT2D eigenvalue weighted by Crippen LogP contribution is 2.25. The van der Waals surface area contributed by atoms with Crippen molar-refractivity contribution in [2.45, 2.75) is 23.5 Å². The molecule has 2 aromatic rings. The number of rotatable bonds is 4. The van der Waals surface area contributed by atoms with E-state index in [9.17, 15) is 9.59 Å². The minimum atomic E-state index is -0.803. The lowest BCUT2D eigenvalue weighted by Gasteiger charge is -2.08. The molecule has 7 nitrogen and oxygen atoms in total. The van der Waals surface area contributed by atoms with Gasteiger partial charge in [-0.1, -0.05) is 6.07 Å². The molecular formula is C12H15N5O2S. The van der Waals surface area contributed by atoms with Crippen LogP contribution in [0.5, 0.6) is 0 Å². The van der Waals surface area contributed by atoms with Crippen LogP contribution in [-0.2, 0) is 13.5 Å². The van der Waals surface area contributed by atoms with E-state index in [0.717, 1.165) is 22.6 Å². The molecule has 0 aromatic carbocycles. The molecule has 0 fully saturated rings. The number of aromatic amines is 1. The average molecular weight is 293 g/mol. The summed E-state index contributed by atoms with van der Waals surface area (Å²) < 4.78 is 1.41. The summed E-state index contributed by atoms with van der Waals surface area (Å²) in [6.07, 6.45) is 2.53. The van der Waals surface area contributed by atoms with Crippen LogP contribution in [0.1, 0.15) is 11.1 Å². The maximum Gasteiger partial charge on any atom is 0.339 e. The quantitative estimate of drug-likeness (QED) is 0.758. The summed E-state index contributed by atoms with van der Waals surface area (Å²) in [4.78, 5) is 30.5. The first kappa shape index (κ1) is 14.5. The zero-order valence-electron chi connectivity index (χ0n) is 11.2. The Morgan fingerprint density at radius 1 is 1.45 bits per heavy atom. The number of pyridine rings is 1. The lowest BCUT2D eigenvalue weighted by molar-refractivity contribution is 0.596. The van der Waals surface area contributed by atoms with Crippen molar-refractivity contribution in [3.05, 3.63) is 44.1 Å². The first-order chi connectivity index (χ1) is 9.51. The van der Waals surface area contributed by atoms with Gasteiger partial charge in [0.05, 0.1) is 0 Å². The van der Waals surface area contributed by atoms with Gasteiger partial charge >= 0.3 is 11.1 Å². The summed E-state index contributed by atoms with van der Waals surface area (Å²) in [5.41, 5.74) is 6.01. The van der Waals surface area contributed by atoms with Crippen LogP contribution in [0.3, 0.4) is 0 Å². The van der Waals surface area contributed by atoms with Crippen molar-refractivity contribution < 1.29 is 0 Å². The first-order valence-electron chi connectivity index (χ1n) is 6.02. The van der Waals surface area contributed by atoms with Crippen LogP contribution >= 0.6 is 11.8 Å². The van der Waals surface area contributed by atoms with Gasteiger partial charge in [0.2, 0.25) is 0 Å². The minimum Gasteiger partial charge on any atom is -0.330 e. The Morgan fingerprint density at radius 3 is 2.85 bits per heavy atom. The van der Waals surface area contributed by atoms with Crippen molar-refractivity contribution in [1.29, 1.82) is 0 Å². The molecule has 0 radical (unpaired) electrons. The van der Waals surface area contributed by atoms with Crippen LogP contribution in [0.15, 0.2) is 32.0 Å². The second kappa shape index (κ2) is 6.02. The molecule has 20 heavy (non-hydrogen) atoms. The van der Waals surface area contributed by atoms with Crippen LogP contribution in [-0.4, -0.2) is 26.3 Å². The summed E-state index contributed by atoms with van der Waals surface area (Å²) >= 11 is 1.23. The molecule has 2 aromatic heterocycles. The molecule has 0 unspecified atom stereocenters. The highest BCUT2D eigenvalue weighted by atomic mass is 32.2. The van der Waals surface area contributed by atoms with E-state index in [1.807, 2.05) is 13.0 Å². The molecule has 0 bridgehead atoms. The smallest absolute Gasteiger partial charge is 0.330 e. The Hall–Kier alpha value is -1.93. The number of aryl methyl sites for hydroxylation is 2. The van der Waals surface area contributed by atoms with Crippen molar-refractivity contribution in [2.75, 3.05) is 6.54 Å². The van der Waals surface area contributed by atoms with Gasteiger partial charge in [-0.05, 0) is 42.8 Å². The number of H-pyrrole nitrogens is 1. The molecule has 0 saturated heterocycles. The van der Waals surface area contributed by atoms with Gasteiger partial charge in [-0.2, -0.15) is 4.98 Å². The monoisotopic (exact) mass is 293 g/mol. The first-order valence-corrected chi connectivity index (χ1v) is 6.83. The fourth-order valence-corrected chi connectivity index (χ4v) is 2.48. The zero-order chi connectivity index (χ0) is 14.7. The summed E-state index contributed by atoms with van der Waals surface area (Å²) in [5.74, 6) is 0. The standard InChI is InChI=1S/C12H15N5O2S/c1-7-5-8(3-4-13)6-14-11(7)20-12-15-9(18)10(19)16-17(12)2/h5-6H,3-4,13H2,1-2H3,(H,16,19). The number of nitrogens with zero attached hydrogens (tertiary/aromatic N) is 3. The topological polar surface area (TPSA) is 107 Å². The Balaban J connectivity index is 2.33. The summed E-state index contributed by atoms with van der Waals surface area (Å²) in [6, 6.07) is 2.01. The number of nitrogens with one attached hydrogen (secondary N) is 1. The Bertz CT molecular complexity index is 737. The van der Waals surface area contributed by atoms with Crippen LogP contribution in [0.2, 0.25) is 0 Å². The molecule has 2 heterocycles. The van der Waals surface area contributed by atoms with Gasteiger partial charge in [0, 0.05) is 13.2 Å². The third-order valence-corrected chi connectivity index (χ3v) is 3.82. The largest absolute Gasteiger partial charge is 0.339 e. The van der Waals surface area contributed by atoms with Gasteiger partial charge in [0.25, 0.3) is 0 Å². The normalized spacial score (nSPS) is 10.8. The molecule has 106 valence electrons. The third kappa shape index (κ3) is 3.14. The third-order valence-electron chi connectivity index (χ3n) is 2.66. The Kier molecular flexibility index (Phi) is 4.35. The summed E-state index contributed by atoms with van der Waals surface area (Å²) in [6.45, 7) is 2.50. The average Bonchev–Trinajstić information content (AvgIpc) is 2.39. The van der Waals surface area contributed by atoms with E-state index in [-0.39, 0.29) is 0 Å². The Morgan fingerprint density at radius 2 is 2.20 bits per heavy atom. The van der Waals surface area contributed by atoms with Crippen molar-refractivity contribution in [3.63, 3.8) is 0 Å². The highest BCUT2D eigenvalue weighted by Gasteiger charge is 2.09. The molecule has 0 aliphatic heterocycles. The number of aromatic nitrogens is 4. The molecule has 8 heteroatoms.